The summed E-state index contributed by atoms with van der Waals surface area (Å²) in [6.07, 6.45) is 18.2. The SMILES string of the molecule is CCCCCCCCCCCC[n+]1ccn(S(=O)(=O)N(C)C)c1.F[B-](F)(F)F. The molecule has 11 heteroatoms. The van der Waals surface area contributed by atoms with Crippen LogP contribution in [0.3, 0.4) is 0 Å². The second-order valence-electron chi connectivity index (χ2n) is 6.95. The van der Waals surface area contributed by atoms with Crippen molar-refractivity contribution in [1.82, 2.24) is 8.28 Å². The summed E-state index contributed by atoms with van der Waals surface area (Å²) in [4.78, 5) is 0. The van der Waals surface area contributed by atoms with Gasteiger partial charge in [-0.25, -0.2) is 4.57 Å². The molecule has 5 nitrogen and oxygen atoms in total. The minimum atomic E-state index is -6.00. The van der Waals surface area contributed by atoms with E-state index in [1.807, 2.05) is 10.8 Å². The van der Waals surface area contributed by atoms with Crippen molar-refractivity contribution in [3.05, 3.63) is 18.7 Å². The summed E-state index contributed by atoms with van der Waals surface area (Å²) < 4.78 is 67.4. The molecule has 0 aromatic carbocycles. The summed E-state index contributed by atoms with van der Waals surface area (Å²) >= 11 is 0. The lowest BCUT2D eigenvalue weighted by Crippen LogP contribution is -2.33. The van der Waals surface area contributed by atoms with Crippen molar-refractivity contribution >= 4 is 17.5 Å². The van der Waals surface area contributed by atoms with Crippen LogP contribution in [0.15, 0.2) is 18.7 Å². The molecule has 0 bridgehead atoms. The van der Waals surface area contributed by atoms with Gasteiger partial charge in [0.05, 0.1) is 6.54 Å². The fraction of sp³-hybridized carbons (Fsp3) is 0.824. The Kier molecular flexibility index (Phi) is 13.4. The van der Waals surface area contributed by atoms with E-state index < -0.39 is 17.5 Å². The Morgan fingerprint density at radius 2 is 1.32 bits per heavy atom. The van der Waals surface area contributed by atoms with Crippen molar-refractivity contribution in [3.8, 4) is 0 Å². The van der Waals surface area contributed by atoms with Crippen LogP contribution in [0.2, 0.25) is 0 Å². The summed E-state index contributed by atoms with van der Waals surface area (Å²) in [5.74, 6) is 0. The van der Waals surface area contributed by atoms with Crippen LogP contribution in [0.5, 0.6) is 0 Å². The number of rotatable bonds is 13. The topological polar surface area (TPSA) is 46.2 Å². The first-order valence-electron chi connectivity index (χ1n) is 9.86. The summed E-state index contributed by atoms with van der Waals surface area (Å²) in [5, 5.41) is 0. The molecule has 0 fully saturated rings. The molecule has 0 unspecified atom stereocenters. The van der Waals surface area contributed by atoms with Gasteiger partial charge in [0.2, 0.25) is 0 Å². The van der Waals surface area contributed by atoms with Gasteiger partial charge in [-0.3, -0.25) is 0 Å². The number of imidazole rings is 1. The van der Waals surface area contributed by atoms with Crippen LogP contribution in [-0.4, -0.2) is 38.0 Å². The van der Waals surface area contributed by atoms with Crippen LogP contribution < -0.4 is 4.57 Å². The molecule has 0 aliphatic heterocycles. The Hall–Kier alpha value is -1.10. The fourth-order valence-corrected chi connectivity index (χ4v) is 3.44. The van der Waals surface area contributed by atoms with Gasteiger partial charge in [-0.2, -0.15) is 12.7 Å². The maximum absolute atomic E-state index is 12.0. The highest BCUT2D eigenvalue weighted by Gasteiger charge is 2.22. The molecule has 0 radical (unpaired) electrons. The van der Waals surface area contributed by atoms with E-state index in [9.17, 15) is 25.7 Å². The lowest BCUT2D eigenvalue weighted by molar-refractivity contribution is -0.696. The van der Waals surface area contributed by atoms with Gasteiger partial charge in [0.15, 0.2) is 0 Å². The van der Waals surface area contributed by atoms with Crippen molar-refractivity contribution in [3.63, 3.8) is 0 Å². The molecule has 0 spiro atoms. The van der Waals surface area contributed by atoms with E-state index in [0.717, 1.165) is 13.0 Å². The average molecular weight is 431 g/mol. The van der Waals surface area contributed by atoms with Crippen LogP contribution in [-0.2, 0) is 16.8 Å². The minimum absolute atomic E-state index is 0.881. The number of hydrogen-bond acceptors (Lipinski definition) is 2. The molecular formula is C17H34BF4N3O2S. The molecule has 1 rings (SSSR count). The quantitative estimate of drug-likeness (QED) is 0.198. The Morgan fingerprint density at radius 3 is 1.75 bits per heavy atom. The van der Waals surface area contributed by atoms with Crippen LogP contribution in [0, 0.1) is 0 Å². The highest BCUT2D eigenvalue weighted by molar-refractivity contribution is 7.87. The van der Waals surface area contributed by atoms with E-state index >= 15 is 0 Å². The maximum atomic E-state index is 12.0. The number of hydrogen-bond donors (Lipinski definition) is 0. The maximum Gasteiger partial charge on any atom is 0.673 e. The molecule has 1 heterocycles. The van der Waals surface area contributed by atoms with E-state index in [1.165, 1.54) is 66.1 Å². The first-order chi connectivity index (χ1) is 13.0. The predicted molar refractivity (Wildman–Crippen MR) is 105 cm³/mol. The zero-order valence-corrected chi connectivity index (χ0v) is 18.0. The minimum Gasteiger partial charge on any atom is -0.418 e. The van der Waals surface area contributed by atoms with Crippen molar-refractivity contribution in [2.45, 2.75) is 77.7 Å². The molecule has 0 atom stereocenters. The number of unbranched alkanes of at least 4 members (excludes halogenated alkanes) is 9. The second kappa shape index (κ2) is 14.0. The number of aromatic nitrogens is 2. The van der Waals surface area contributed by atoms with E-state index in [2.05, 4.69) is 6.92 Å². The molecule has 0 aliphatic carbocycles. The molecule has 0 N–H and O–H groups in total. The Bertz CT molecular complexity index is 616. The Labute approximate surface area is 167 Å². The summed E-state index contributed by atoms with van der Waals surface area (Å²) in [6.45, 7) is 3.13. The lowest BCUT2D eigenvalue weighted by Gasteiger charge is -2.05. The first-order valence-corrected chi connectivity index (χ1v) is 11.3. The first kappa shape index (κ1) is 26.9. The summed E-state index contributed by atoms with van der Waals surface area (Å²) in [5.41, 5.74) is 0. The molecule has 0 saturated carbocycles. The molecule has 0 aliphatic rings. The van der Waals surface area contributed by atoms with Gasteiger partial charge < -0.3 is 17.3 Å². The van der Waals surface area contributed by atoms with Crippen molar-refractivity contribution < 1.29 is 30.2 Å². The lowest BCUT2D eigenvalue weighted by atomic mass is 10.1. The molecule has 1 aromatic rings. The van der Waals surface area contributed by atoms with E-state index in [0.29, 0.717) is 0 Å². The van der Waals surface area contributed by atoms with Gasteiger partial charge >= 0.3 is 17.5 Å². The van der Waals surface area contributed by atoms with Crippen LogP contribution in [0.1, 0.15) is 71.1 Å². The van der Waals surface area contributed by atoms with Gasteiger partial charge in [-0.1, -0.05) is 58.3 Å². The average Bonchev–Trinajstić information content (AvgIpc) is 3.04. The van der Waals surface area contributed by atoms with Gasteiger partial charge in [-0.15, -0.1) is 3.97 Å². The molecule has 28 heavy (non-hydrogen) atoms. The fourth-order valence-electron chi connectivity index (χ4n) is 2.61. The monoisotopic (exact) mass is 431 g/mol. The van der Waals surface area contributed by atoms with Crippen molar-refractivity contribution in [2.75, 3.05) is 14.1 Å². The predicted octanol–water partition coefficient (Wildman–Crippen LogP) is 4.65. The standard InChI is InChI=1S/C17H34N3O2S.BF4/c1-4-5-6-7-8-9-10-11-12-13-14-19-15-16-20(17-19)23(21,22)18(2)3;2-1(3,4)5/h15-17H,4-14H2,1-3H3;/q+1;-1. The van der Waals surface area contributed by atoms with Gasteiger partial charge in [0.1, 0.15) is 12.4 Å². The van der Waals surface area contributed by atoms with E-state index in [1.54, 1.807) is 26.6 Å². The third kappa shape index (κ3) is 14.0. The third-order valence-electron chi connectivity index (χ3n) is 4.16. The summed E-state index contributed by atoms with van der Waals surface area (Å²) in [7, 11) is -6.29. The zero-order valence-electron chi connectivity index (χ0n) is 17.2. The zero-order chi connectivity index (χ0) is 21.6. The molecular weight excluding hydrogens is 397 g/mol. The van der Waals surface area contributed by atoms with Gasteiger partial charge in [-0.05, 0) is 12.8 Å². The largest absolute Gasteiger partial charge is 0.673 e. The Morgan fingerprint density at radius 1 is 0.893 bits per heavy atom. The second-order valence-corrected chi connectivity index (χ2v) is 9.00. The normalized spacial score (nSPS) is 12.1. The molecule has 1 aromatic heterocycles. The smallest absolute Gasteiger partial charge is 0.418 e. The summed E-state index contributed by atoms with van der Waals surface area (Å²) in [6, 6.07) is 0. The molecule has 0 amide bonds. The Balaban J connectivity index is 0.00000129. The van der Waals surface area contributed by atoms with E-state index in [4.69, 9.17) is 0 Å². The molecule has 0 saturated heterocycles. The number of halogens is 4. The highest BCUT2D eigenvalue weighted by atomic mass is 32.2. The number of aryl methyl sites for hydroxylation is 1. The van der Waals surface area contributed by atoms with E-state index in [-0.39, 0.29) is 0 Å². The number of nitrogens with zero attached hydrogens (tertiary/aromatic N) is 3. The highest BCUT2D eigenvalue weighted by Crippen LogP contribution is 2.10. The van der Waals surface area contributed by atoms with Crippen molar-refractivity contribution in [2.24, 2.45) is 0 Å². The molecule has 166 valence electrons. The van der Waals surface area contributed by atoms with Gasteiger partial charge in [0.25, 0.3) is 6.33 Å². The van der Waals surface area contributed by atoms with Crippen LogP contribution in [0.4, 0.5) is 17.3 Å². The van der Waals surface area contributed by atoms with Crippen LogP contribution in [0.25, 0.3) is 0 Å². The van der Waals surface area contributed by atoms with Crippen LogP contribution >= 0.6 is 0 Å². The van der Waals surface area contributed by atoms with Crippen molar-refractivity contribution in [1.29, 1.82) is 0 Å². The third-order valence-corrected chi connectivity index (χ3v) is 5.84. The van der Waals surface area contributed by atoms with Gasteiger partial charge in [0, 0.05) is 14.1 Å².